The third kappa shape index (κ3) is 4.98. The molecule has 3 aliphatic heterocycles. The zero-order valence-electron chi connectivity index (χ0n) is 20.0. The standard InChI is InChI=1S/C27H30ClN3O5/c28-21-10-8-20(9-11-21)25(33)30-14-12-27(13-15-30)31(26(34)19-5-2-1-3-6-19)23(18-36-27)24(32)29-17-22-7-4-16-35-22/h1-3,5-6,8-11,22-23H,4,7,12-18H2,(H,29,32)/t22-,23-/m1/s1. The van der Waals surface area contributed by atoms with Gasteiger partial charge in [0.05, 0.1) is 12.7 Å². The van der Waals surface area contributed by atoms with Crippen molar-refractivity contribution < 1.29 is 23.9 Å². The number of ether oxygens (including phenoxy) is 2. The summed E-state index contributed by atoms with van der Waals surface area (Å²) >= 11 is 5.96. The number of amides is 3. The van der Waals surface area contributed by atoms with E-state index in [0.29, 0.717) is 55.2 Å². The Labute approximate surface area is 215 Å². The first kappa shape index (κ1) is 24.7. The van der Waals surface area contributed by atoms with Crippen molar-refractivity contribution in [3.8, 4) is 0 Å². The predicted octanol–water partition coefficient (Wildman–Crippen LogP) is 3.11. The van der Waals surface area contributed by atoms with Crippen LogP contribution >= 0.6 is 11.6 Å². The van der Waals surface area contributed by atoms with Crippen LogP contribution in [0.5, 0.6) is 0 Å². The Kier molecular flexibility index (Phi) is 7.27. The number of nitrogens with one attached hydrogen (secondary N) is 1. The molecule has 0 aliphatic carbocycles. The number of halogens is 1. The van der Waals surface area contributed by atoms with Crippen molar-refractivity contribution in [2.45, 2.75) is 43.6 Å². The number of benzene rings is 2. The molecule has 0 radical (unpaired) electrons. The molecule has 3 aliphatic rings. The average Bonchev–Trinajstić information content (AvgIpc) is 3.56. The van der Waals surface area contributed by atoms with Crippen LogP contribution < -0.4 is 5.32 Å². The molecule has 3 heterocycles. The molecule has 3 fully saturated rings. The Bertz CT molecular complexity index is 1100. The van der Waals surface area contributed by atoms with Crippen LogP contribution in [0.2, 0.25) is 5.02 Å². The van der Waals surface area contributed by atoms with Crippen molar-refractivity contribution in [1.29, 1.82) is 0 Å². The quantitative estimate of drug-likeness (QED) is 0.666. The maximum Gasteiger partial charge on any atom is 0.256 e. The van der Waals surface area contributed by atoms with Gasteiger partial charge < -0.3 is 19.7 Å². The molecule has 2 aromatic rings. The van der Waals surface area contributed by atoms with Gasteiger partial charge in [0, 0.05) is 55.2 Å². The molecule has 3 saturated heterocycles. The van der Waals surface area contributed by atoms with Crippen LogP contribution in [0.3, 0.4) is 0 Å². The van der Waals surface area contributed by atoms with E-state index in [4.69, 9.17) is 21.1 Å². The third-order valence-corrected chi connectivity index (χ3v) is 7.51. The maximum atomic E-state index is 13.7. The van der Waals surface area contributed by atoms with Crippen molar-refractivity contribution in [2.75, 3.05) is 32.8 Å². The minimum Gasteiger partial charge on any atom is -0.376 e. The fraction of sp³-hybridized carbons (Fsp3) is 0.444. The molecular weight excluding hydrogens is 482 g/mol. The molecule has 36 heavy (non-hydrogen) atoms. The normalized spacial score (nSPS) is 23.1. The summed E-state index contributed by atoms with van der Waals surface area (Å²) in [6.45, 7) is 2.05. The lowest BCUT2D eigenvalue weighted by Crippen LogP contribution is -2.60. The van der Waals surface area contributed by atoms with Gasteiger partial charge in [0.15, 0.2) is 0 Å². The van der Waals surface area contributed by atoms with Crippen LogP contribution in [-0.4, -0.2) is 78.2 Å². The minimum absolute atomic E-state index is 0.00521. The van der Waals surface area contributed by atoms with E-state index < -0.39 is 11.8 Å². The fourth-order valence-electron chi connectivity index (χ4n) is 5.26. The predicted molar refractivity (Wildman–Crippen MR) is 134 cm³/mol. The molecule has 3 amide bonds. The Hall–Kier alpha value is -2.94. The van der Waals surface area contributed by atoms with E-state index >= 15 is 0 Å². The van der Waals surface area contributed by atoms with Crippen molar-refractivity contribution >= 4 is 29.3 Å². The molecule has 1 N–H and O–H groups in total. The number of hydrogen-bond acceptors (Lipinski definition) is 5. The van der Waals surface area contributed by atoms with Gasteiger partial charge in [-0.15, -0.1) is 0 Å². The van der Waals surface area contributed by atoms with Gasteiger partial charge in [0.1, 0.15) is 11.8 Å². The van der Waals surface area contributed by atoms with E-state index in [1.54, 1.807) is 58.3 Å². The molecule has 9 heteroatoms. The molecule has 0 aromatic heterocycles. The summed E-state index contributed by atoms with van der Waals surface area (Å²) < 4.78 is 11.9. The SMILES string of the molecule is O=C(NC[C@H]1CCCO1)[C@H]1COC2(CCN(C(=O)c3ccc(Cl)cc3)CC2)N1C(=O)c1ccccc1. The molecule has 1 spiro atoms. The van der Waals surface area contributed by atoms with Gasteiger partial charge in [-0.25, -0.2) is 0 Å². The first-order valence-corrected chi connectivity index (χ1v) is 12.8. The van der Waals surface area contributed by atoms with Gasteiger partial charge in [-0.2, -0.15) is 0 Å². The van der Waals surface area contributed by atoms with E-state index in [9.17, 15) is 14.4 Å². The molecule has 190 valence electrons. The van der Waals surface area contributed by atoms with E-state index in [2.05, 4.69) is 5.32 Å². The monoisotopic (exact) mass is 511 g/mol. The number of rotatable bonds is 5. The van der Waals surface area contributed by atoms with Crippen LogP contribution in [0.25, 0.3) is 0 Å². The van der Waals surface area contributed by atoms with Crippen molar-refractivity contribution in [3.63, 3.8) is 0 Å². The van der Waals surface area contributed by atoms with Gasteiger partial charge in [-0.1, -0.05) is 29.8 Å². The number of carbonyl (C=O) groups excluding carboxylic acids is 3. The molecule has 0 unspecified atom stereocenters. The largest absolute Gasteiger partial charge is 0.376 e. The first-order valence-electron chi connectivity index (χ1n) is 12.4. The van der Waals surface area contributed by atoms with Gasteiger partial charge in [-0.05, 0) is 49.2 Å². The smallest absolute Gasteiger partial charge is 0.256 e. The highest BCUT2D eigenvalue weighted by Gasteiger charge is 2.54. The average molecular weight is 512 g/mol. The summed E-state index contributed by atoms with van der Waals surface area (Å²) in [5.74, 6) is -0.583. The second kappa shape index (κ2) is 10.6. The van der Waals surface area contributed by atoms with Crippen molar-refractivity contribution in [3.05, 3.63) is 70.7 Å². The first-order chi connectivity index (χ1) is 17.5. The van der Waals surface area contributed by atoms with Gasteiger partial charge in [-0.3, -0.25) is 19.3 Å². The molecule has 0 saturated carbocycles. The lowest BCUT2D eigenvalue weighted by atomic mass is 9.96. The fourth-order valence-corrected chi connectivity index (χ4v) is 5.38. The summed E-state index contributed by atoms with van der Waals surface area (Å²) in [7, 11) is 0. The van der Waals surface area contributed by atoms with Crippen LogP contribution in [0.15, 0.2) is 54.6 Å². The molecule has 0 bridgehead atoms. The number of hydrogen-bond donors (Lipinski definition) is 1. The van der Waals surface area contributed by atoms with E-state index in [-0.39, 0.29) is 30.4 Å². The summed E-state index contributed by atoms with van der Waals surface area (Å²) in [5, 5.41) is 3.54. The Morgan fingerprint density at radius 1 is 0.972 bits per heavy atom. The zero-order chi connectivity index (χ0) is 25.1. The van der Waals surface area contributed by atoms with E-state index in [0.717, 1.165) is 12.8 Å². The second-order valence-electron chi connectivity index (χ2n) is 9.49. The minimum atomic E-state index is -0.949. The molecule has 2 atom stereocenters. The summed E-state index contributed by atoms with van der Waals surface area (Å²) in [4.78, 5) is 43.3. The Morgan fingerprint density at radius 3 is 2.33 bits per heavy atom. The highest BCUT2D eigenvalue weighted by Crippen LogP contribution is 2.39. The number of carbonyl (C=O) groups is 3. The number of likely N-dealkylation sites (tertiary alicyclic amines) is 1. The van der Waals surface area contributed by atoms with E-state index in [1.807, 2.05) is 6.07 Å². The van der Waals surface area contributed by atoms with Crippen molar-refractivity contribution in [2.24, 2.45) is 0 Å². The highest BCUT2D eigenvalue weighted by molar-refractivity contribution is 6.30. The van der Waals surface area contributed by atoms with Gasteiger partial charge in [0.2, 0.25) is 5.91 Å². The molecular formula is C27H30ClN3O5. The Morgan fingerprint density at radius 2 is 1.67 bits per heavy atom. The summed E-state index contributed by atoms with van der Waals surface area (Å²) in [6, 6.07) is 15.0. The highest BCUT2D eigenvalue weighted by atomic mass is 35.5. The molecule has 8 nitrogen and oxygen atoms in total. The summed E-state index contributed by atoms with van der Waals surface area (Å²) in [6.07, 6.45) is 2.74. The van der Waals surface area contributed by atoms with Crippen LogP contribution in [-0.2, 0) is 14.3 Å². The molecule has 2 aromatic carbocycles. The summed E-state index contributed by atoms with van der Waals surface area (Å²) in [5.41, 5.74) is 0.112. The van der Waals surface area contributed by atoms with Crippen molar-refractivity contribution in [1.82, 2.24) is 15.1 Å². The second-order valence-corrected chi connectivity index (χ2v) is 9.93. The zero-order valence-corrected chi connectivity index (χ0v) is 20.8. The Balaban J connectivity index is 1.33. The molecule has 5 rings (SSSR count). The maximum absolute atomic E-state index is 13.7. The van der Waals surface area contributed by atoms with E-state index in [1.165, 1.54) is 0 Å². The topological polar surface area (TPSA) is 88.2 Å². The van der Waals surface area contributed by atoms with Crippen LogP contribution in [0.1, 0.15) is 46.4 Å². The van der Waals surface area contributed by atoms with Gasteiger partial charge in [0.25, 0.3) is 11.8 Å². The van der Waals surface area contributed by atoms with Crippen LogP contribution in [0, 0.1) is 0 Å². The van der Waals surface area contributed by atoms with Crippen LogP contribution in [0.4, 0.5) is 0 Å². The number of nitrogens with zero attached hydrogens (tertiary/aromatic N) is 2. The van der Waals surface area contributed by atoms with Gasteiger partial charge >= 0.3 is 0 Å². The lowest BCUT2D eigenvalue weighted by Gasteiger charge is -2.44. The lowest BCUT2D eigenvalue weighted by molar-refractivity contribution is -0.128. The third-order valence-electron chi connectivity index (χ3n) is 7.25. The number of piperidine rings is 1.